The summed E-state index contributed by atoms with van der Waals surface area (Å²) in [5.41, 5.74) is 0. The molecule has 2 N–H and O–H groups in total. The highest BCUT2D eigenvalue weighted by Gasteiger charge is 1.95. The average Bonchev–Trinajstić information content (AvgIpc) is 1.80. The van der Waals surface area contributed by atoms with E-state index in [0.29, 0.717) is 12.8 Å². The summed E-state index contributed by atoms with van der Waals surface area (Å²) in [6.07, 6.45) is 2.56. The van der Waals surface area contributed by atoms with Crippen LogP contribution in [0.15, 0.2) is 12.1 Å². The van der Waals surface area contributed by atoms with Gasteiger partial charge in [0.1, 0.15) is 0 Å². The average molecular weight is 125 g/mol. The van der Waals surface area contributed by atoms with Crippen molar-refractivity contribution in [2.45, 2.75) is 12.8 Å². The van der Waals surface area contributed by atoms with E-state index >= 15 is 0 Å². The minimum atomic E-state index is -1.39. The maximum absolute atomic E-state index is 8.24. The van der Waals surface area contributed by atoms with Crippen LogP contribution >= 0.6 is 0 Å². The summed E-state index contributed by atoms with van der Waals surface area (Å²) in [6.45, 7) is 0. The first-order valence-electron chi connectivity index (χ1n) is 2.67. The van der Waals surface area contributed by atoms with Crippen molar-refractivity contribution in [1.82, 2.24) is 0 Å². The summed E-state index contributed by atoms with van der Waals surface area (Å²) in [6, 6.07) is 1.93. The third kappa shape index (κ3) is 7.21. The normalized spacial score (nSPS) is 9.44. The Labute approximate surface area is 54.4 Å². The predicted molar refractivity (Wildman–Crippen MR) is 34.2 cm³/mol. The van der Waals surface area contributed by atoms with Gasteiger partial charge in [0.25, 0.3) is 0 Å². The van der Waals surface area contributed by atoms with E-state index < -0.39 is 7.12 Å². The Morgan fingerprint density at radius 3 is 2.67 bits per heavy atom. The number of rotatable bonds is 3. The molecule has 0 unspecified atom stereocenters. The number of nitrogens with zero attached hydrogens (tertiary/aromatic N) is 1. The lowest BCUT2D eigenvalue weighted by Crippen LogP contribution is -2.05. The zero-order valence-electron chi connectivity index (χ0n) is 4.99. The zero-order valence-corrected chi connectivity index (χ0v) is 4.99. The number of unbranched alkanes of at least 4 members (excludes halogenated alkanes) is 1. The molecule has 0 aliphatic rings. The van der Waals surface area contributed by atoms with Crippen LogP contribution in [0.25, 0.3) is 0 Å². The van der Waals surface area contributed by atoms with Crippen LogP contribution in [-0.4, -0.2) is 17.2 Å². The lowest BCUT2D eigenvalue weighted by atomic mass is 9.91. The van der Waals surface area contributed by atoms with Crippen LogP contribution in [0.2, 0.25) is 0 Å². The predicted octanol–water partition coefficient (Wildman–Crippen LogP) is -0.142. The second-order valence-electron chi connectivity index (χ2n) is 1.54. The number of nitriles is 1. The van der Waals surface area contributed by atoms with Crippen LogP contribution in [0.3, 0.4) is 0 Å². The Balaban J connectivity index is 3.17. The SMILES string of the molecule is N#CCC/C=C/B(O)O. The Morgan fingerprint density at radius 2 is 2.22 bits per heavy atom. The molecule has 9 heavy (non-hydrogen) atoms. The summed E-state index contributed by atoms with van der Waals surface area (Å²) in [5.74, 6) is 1.23. The molecule has 3 nitrogen and oxygen atoms in total. The van der Waals surface area contributed by atoms with E-state index in [0.717, 1.165) is 0 Å². The largest absolute Gasteiger partial charge is 0.480 e. The molecule has 0 fully saturated rings. The minimum Gasteiger partial charge on any atom is -0.424 e. The van der Waals surface area contributed by atoms with Crippen molar-refractivity contribution in [3.05, 3.63) is 12.1 Å². The molecule has 0 spiro atoms. The van der Waals surface area contributed by atoms with Gasteiger partial charge >= 0.3 is 7.12 Å². The van der Waals surface area contributed by atoms with Crippen molar-refractivity contribution in [2.75, 3.05) is 0 Å². The molecule has 0 aromatic carbocycles. The van der Waals surface area contributed by atoms with Gasteiger partial charge in [0.2, 0.25) is 0 Å². The van der Waals surface area contributed by atoms with Crippen LogP contribution in [0.5, 0.6) is 0 Å². The van der Waals surface area contributed by atoms with Gasteiger partial charge in [-0.1, -0.05) is 12.1 Å². The van der Waals surface area contributed by atoms with Crippen LogP contribution < -0.4 is 0 Å². The first-order chi connectivity index (χ1) is 4.27. The first kappa shape index (κ1) is 8.21. The fraction of sp³-hybridized carbons (Fsp3) is 0.400. The van der Waals surface area contributed by atoms with Crippen LogP contribution in [0.1, 0.15) is 12.8 Å². The minimum absolute atomic E-state index is 0.420. The molecule has 0 heterocycles. The quantitative estimate of drug-likeness (QED) is 0.407. The van der Waals surface area contributed by atoms with Crippen molar-refractivity contribution in [2.24, 2.45) is 0 Å². The lowest BCUT2D eigenvalue weighted by Gasteiger charge is -1.83. The maximum Gasteiger partial charge on any atom is 0.480 e. The number of hydrogen-bond donors (Lipinski definition) is 2. The topological polar surface area (TPSA) is 64.2 Å². The fourth-order valence-corrected chi connectivity index (χ4v) is 0.366. The molecule has 0 rings (SSSR count). The number of allylic oxidation sites excluding steroid dienone is 1. The van der Waals surface area contributed by atoms with Gasteiger partial charge in [0.15, 0.2) is 0 Å². The second-order valence-corrected chi connectivity index (χ2v) is 1.54. The first-order valence-corrected chi connectivity index (χ1v) is 2.67. The van der Waals surface area contributed by atoms with E-state index in [2.05, 4.69) is 0 Å². The van der Waals surface area contributed by atoms with Crippen molar-refractivity contribution in [3.8, 4) is 6.07 Å². The summed E-state index contributed by atoms with van der Waals surface area (Å²) >= 11 is 0. The third-order valence-corrected chi connectivity index (χ3v) is 0.731. The summed E-state index contributed by atoms with van der Waals surface area (Å²) < 4.78 is 0. The third-order valence-electron chi connectivity index (χ3n) is 0.731. The molecule has 0 saturated heterocycles. The van der Waals surface area contributed by atoms with Gasteiger partial charge in [-0.25, -0.2) is 0 Å². The maximum atomic E-state index is 8.24. The second kappa shape index (κ2) is 5.35. The molecule has 0 amide bonds. The molecular formula is C5H8BNO2. The van der Waals surface area contributed by atoms with Gasteiger partial charge in [-0.3, -0.25) is 0 Å². The van der Waals surface area contributed by atoms with Gasteiger partial charge in [0.05, 0.1) is 6.07 Å². The monoisotopic (exact) mass is 125 g/mol. The van der Waals surface area contributed by atoms with E-state index in [4.69, 9.17) is 15.3 Å². The summed E-state index contributed by atoms with van der Waals surface area (Å²) in [5, 5.41) is 24.5. The van der Waals surface area contributed by atoms with E-state index in [1.165, 1.54) is 5.98 Å². The molecule has 0 aliphatic heterocycles. The van der Waals surface area contributed by atoms with E-state index in [9.17, 15) is 0 Å². The molecule has 0 aromatic rings. The lowest BCUT2D eigenvalue weighted by molar-refractivity contribution is 0.424. The molecular weight excluding hydrogens is 117 g/mol. The van der Waals surface area contributed by atoms with Crippen molar-refractivity contribution < 1.29 is 10.0 Å². The molecule has 0 aliphatic carbocycles. The molecule has 4 heteroatoms. The molecule has 0 saturated carbocycles. The van der Waals surface area contributed by atoms with E-state index in [1.807, 2.05) is 6.07 Å². The van der Waals surface area contributed by atoms with E-state index in [1.54, 1.807) is 6.08 Å². The van der Waals surface area contributed by atoms with Gasteiger partial charge in [-0.15, -0.1) is 0 Å². The Hall–Kier alpha value is -0.785. The van der Waals surface area contributed by atoms with Crippen molar-refractivity contribution >= 4 is 7.12 Å². The van der Waals surface area contributed by atoms with Gasteiger partial charge < -0.3 is 10.0 Å². The molecule has 0 bridgehead atoms. The Kier molecular flexibility index (Phi) is 4.89. The van der Waals surface area contributed by atoms with Crippen molar-refractivity contribution in [3.63, 3.8) is 0 Å². The van der Waals surface area contributed by atoms with Gasteiger partial charge in [-0.2, -0.15) is 5.26 Å². The van der Waals surface area contributed by atoms with Crippen LogP contribution in [0.4, 0.5) is 0 Å². The molecule has 48 valence electrons. The highest BCUT2D eigenvalue weighted by molar-refractivity contribution is 6.47. The fourth-order valence-electron chi connectivity index (χ4n) is 0.366. The standard InChI is InChI=1S/C5H8BNO2/c7-5-3-1-2-4-6(8)9/h2,4,8-9H,1,3H2/b4-2+. The molecule has 0 aromatic heterocycles. The van der Waals surface area contributed by atoms with Crippen LogP contribution in [-0.2, 0) is 0 Å². The smallest absolute Gasteiger partial charge is 0.424 e. The van der Waals surface area contributed by atoms with Crippen LogP contribution in [0, 0.1) is 11.3 Å². The molecule has 0 atom stereocenters. The Bertz CT molecular complexity index is 127. The van der Waals surface area contributed by atoms with Gasteiger partial charge in [0, 0.05) is 6.42 Å². The zero-order chi connectivity index (χ0) is 7.11. The highest BCUT2D eigenvalue weighted by atomic mass is 16.4. The highest BCUT2D eigenvalue weighted by Crippen LogP contribution is 1.87. The summed E-state index contributed by atoms with van der Waals surface area (Å²) in [7, 11) is -1.39. The summed E-state index contributed by atoms with van der Waals surface area (Å²) in [4.78, 5) is 0. The van der Waals surface area contributed by atoms with Crippen molar-refractivity contribution in [1.29, 1.82) is 5.26 Å². The Morgan fingerprint density at radius 1 is 1.56 bits per heavy atom. The van der Waals surface area contributed by atoms with Gasteiger partial charge in [-0.05, 0) is 6.42 Å². The number of hydrogen-bond acceptors (Lipinski definition) is 3. The van der Waals surface area contributed by atoms with E-state index in [-0.39, 0.29) is 0 Å². The molecule has 0 radical (unpaired) electrons.